The van der Waals surface area contributed by atoms with Crippen molar-refractivity contribution in [2.45, 2.75) is 52.5 Å². The summed E-state index contributed by atoms with van der Waals surface area (Å²) in [6, 6.07) is 3.84. The summed E-state index contributed by atoms with van der Waals surface area (Å²) in [6.45, 7) is 7.16. The van der Waals surface area contributed by atoms with E-state index in [4.69, 9.17) is 33.9 Å². The molecule has 7 nitrogen and oxygen atoms in total. The minimum absolute atomic E-state index is 0.0840. The van der Waals surface area contributed by atoms with Crippen molar-refractivity contribution in [2.24, 2.45) is 23.0 Å². The number of nitrogens with zero attached hydrogens (tertiary/aromatic N) is 2. The molecule has 206 valence electrons. The van der Waals surface area contributed by atoms with Gasteiger partial charge in [0.25, 0.3) is 11.8 Å². The number of carbonyl (C=O) groups excluding carboxylic acids is 2. The maximum absolute atomic E-state index is 13.3. The second-order valence-electron chi connectivity index (χ2n) is 11.2. The Morgan fingerprint density at radius 1 is 1.23 bits per heavy atom. The highest BCUT2D eigenvalue weighted by Gasteiger charge is 2.30. The molecule has 0 radical (unpaired) electrons. The molecule has 0 bridgehead atoms. The van der Waals surface area contributed by atoms with E-state index in [0.717, 1.165) is 46.7 Å². The van der Waals surface area contributed by atoms with Crippen LogP contribution in [-0.4, -0.2) is 33.8 Å². The fraction of sp³-hybridized carbons (Fsp3) is 0.429. The van der Waals surface area contributed by atoms with Crippen molar-refractivity contribution >= 4 is 68.1 Å². The number of aryl methyl sites for hydroxylation is 1. The van der Waals surface area contributed by atoms with Gasteiger partial charge in [0.2, 0.25) is 0 Å². The maximum atomic E-state index is 13.3. The predicted molar refractivity (Wildman–Crippen MR) is 160 cm³/mol. The summed E-state index contributed by atoms with van der Waals surface area (Å²) >= 11 is 14.4. The van der Waals surface area contributed by atoms with E-state index in [9.17, 15) is 9.59 Å². The standard InChI is InChI=1S/C28H31Cl2N5O2S2/c1-28(2,3)17-7-8-19-15(10-17)9-16-12-21(38-27(16)34-19)25(36)33-20(13-31)14-5-4-6-18(11-14)32-26(37)23-22(29)24(30)39-35-23/h4,6,9,11-12,14,17,20H,5,7-8,10,13,31H2,1-3H3,(H,32,37)(H,33,36)/t14?,17-,20-/m1/s1. The molecule has 2 amide bonds. The van der Waals surface area contributed by atoms with E-state index < -0.39 is 5.91 Å². The summed E-state index contributed by atoms with van der Waals surface area (Å²) in [5.74, 6) is -0.0822. The molecule has 2 aliphatic rings. The Morgan fingerprint density at radius 2 is 2.03 bits per heavy atom. The molecular formula is C28H31Cl2N5O2S2. The summed E-state index contributed by atoms with van der Waals surface area (Å²) in [5, 5.41) is 7.07. The van der Waals surface area contributed by atoms with E-state index in [0.29, 0.717) is 22.9 Å². The number of hydrogen-bond acceptors (Lipinski definition) is 7. The number of allylic oxidation sites excluding steroid dienone is 2. The number of nitrogens with two attached hydrogens (primary N) is 1. The van der Waals surface area contributed by atoms with E-state index in [-0.39, 0.29) is 44.9 Å². The quantitative estimate of drug-likeness (QED) is 0.312. The largest absolute Gasteiger partial charge is 0.347 e. The highest BCUT2D eigenvalue weighted by molar-refractivity contribution is 7.20. The van der Waals surface area contributed by atoms with Gasteiger partial charge in [-0.1, -0.05) is 56.1 Å². The summed E-state index contributed by atoms with van der Waals surface area (Å²) in [5.41, 5.74) is 9.49. The molecule has 4 N–H and O–H groups in total. The number of hydrogen-bond donors (Lipinski definition) is 3. The first-order chi connectivity index (χ1) is 18.5. The summed E-state index contributed by atoms with van der Waals surface area (Å²) in [4.78, 5) is 32.3. The van der Waals surface area contributed by atoms with Crippen LogP contribution in [0.25, 0.3) is 10.2 Å². The second-order valence-corrected chi connectivity index (χ2v) is 14.0. The molecule has 0 saturated carbocycles. The van der Waals surface area contributed by atoms with Gasteiger partial charge in [0.05, 0.1) is 4.88 Å². The molecule has 2 aliphatic carbocycles. The van der Waals surface area contributed by atoms with Gasteiger partial charge in [-0.2, -0.15) is 4.37 Å². The molecular weight excluding hydrogens is 573 g/mol. The molecule has 5 rings (SSSR count). The number of carbonyl (C=O) groups is 2. The predicted octanol–water partition coefficient (Wildman–Crippen LogP) is 6.16. The fourth-order valence-electron chi connectivity index (χ4n) is 5.22. The average molecular weight is 605 g/mol. The fourth-order valence-corrected chi connectivity index (χ4v) is 7.15. The molecule has 1 unspecified atom stereocenters. The zero-order valence-electron chi connectivity index (χ0n) is 22.0. The Balaban J connectivity index is 1.28. The van der Waals surface area contributed by atoms with Gasteiger partial charge in [-0.25, -0.2) is 4.98 Å². The molecule has 3 aromatic rings. The lowest BCUT2D eigenvalue weighted by molar-refractivity contribution is 0.0929. The maximum Gasteiger partial charge on any atom is 0.276 e. The van der Waals surface area contributed by atoms with Crippen LogP contribution in [-0.2, 0) is 12.8 Å². The number of amides is 2. The van der Waals surface area contributed by atoms with Crippen molar-refractivity contribution in [1.29, 1.82) is 0 Å². The Bertz CT molecular complexity index is 1490. The second kappa shape index (κ2) is 11.3. The van der Waals surface area contributed by atoms with Crippen molar-refractivity contribution in [1.82, 2.24) is 20.0 Å². The van der Waals surface area contributed by atoms with Gasteiger partial charge in [-0.05, 0) is 72.3 Å². The summed E-state index contributed by atoms with van der Waals surface area (Å²) in [7, 11) is 0. The van der Waals surface area contributed by atoms with Crippen LogP contribution in [0.5, 0.6) is 0 Å². The number of thiophene rings is 1. The lowest BCUT2D eigenvalue weighted by atomic mass is 9.71. The molecule has 0 fully saturated rings. The first kappa shape index (κ1) is 28.2. The topological polar surface area (TPSA) is 110 Å². The van der Waals surface area contributed by atoms with Crippen LogP contribution in [0.1, 0.15) is 65.0 Å². The Hall–Kier alpha value is -2.30. The minimum atomic E-state index is -0.442. The summed E-state index contributed by atoms with van der Waals surface area (Å²) < 4.78 is 4.28. The molecule has 0 aliphatic heterocycles. The van der Waals surface area contributed by atoms with Crippen molar-refractivity contribution in [3.8, 4) is 0 Å². The van der Waals surface area contributed by atoms with Gasteiger partial charge in [0.15, 0.2) is 5.69 Å². The molecule has 0 spiro atoms. The third-order valence-electron chi connectivity index (χ3n) is 7.58. The molecule has 3 atom stereocenters. The smallest absolute Gasteiger partial charge is 0.276 e. The molecule has 3 aromatic heterocycles. The Morgan fingerprint density at radius 3 is 2.72 bits per heavy atom. The van der Waals surface area contributed by atoms with E-state index in [2.05, 4.69) is 41.8 Å². The number of rotatable bonds is 6. The number of aromatic nitrogens is 2. The first-order valence-corrected chi connectivity index (χ1v) is 15.3. The highest BCUT2D eigenvalue weighted by Crippen LogP contribution is 2.38. The lowest BCUT2D eigenvalue weighted by Gasteiger charge is -2.34. The molecule has 0 saturated heterocycles. The molecule has 11 heteroatoms. The number of fused-ring (bicyclic) bond motifs is 2. The first-order valence-electron chi connectivity index (χ1n) is 13.0. The number of pyridine rings is 1. The summed E-state index contributed by atoms with van der Waals surface area (Å²) in [6.07, 6.45) is 9.49. The normalized spacial score (nSPS) is 19.9. The van der Waals surface area contributed by atoms with Crippen LogP contribution in [0.4, 0.5) is 0 Å². The number of nitrogens with one attached hydrogen (secondary N) is 2. The zero-order chi connectivity index (χ0) is 27.9. The number of halogens is 2. The van der Waals surface area contributed by atoms with E-state index >= 15 is 0 Å². The van der Waals surface area contributed by atoms with Gasteiger partial charge >= 0.3 is 0 Å². The van der Waals surface area contributed by atoms with Gasteiger partial charge in [0, 0.05) is 35.3 Å². The Labute approximate surface area is 246 Å². The Kier molecular flexibility index (Phi) is 8.18. The van der Waals surface area contributed by atoms with Gasteiger partial charge in [-0.15, -0.1) is 11.3 Å². The zero-order valence-corrected chi connectivity index (χ0v) is 25.2. The van der Waals surface area contributed by atoms with Crippen LogP contribution >= 0.6 is 46.1 Å². The van der Waals surface area contributed by atoms with E-state index in [1.54, 1.807) is 0 Å². The van der Waals surface area contributed by atoms with Crippen LogP contribution in [0, 0.1) is 17.3 Å². The van der Waals surface area contributed by atoms with Crippen molar-refractivity contribution in [3.05, 3.63) is 67.2 Å². The van der Waals surface area contributed by atoms with Crippen LogP contribution in [0.15, 0.2) is 36.1 Å². The minimum Gasteiger partial charge on any atom is -0.347 e. The monoisotopic (exact) mass is 603 g/mol. The van der Waals surface area contributed by atoms with Crippen molar-refractivity contribution < 1.29 is 9.59 Å². The average Bonchev–Trinajstić information content (AvgIpc) is 3.47. The van der Waals surface area contributed by atoms with Crippen molar-refractivity contribution in [2.75, 3.05) is 6.54 Å². The van der Waals surface area contributed by atoms with E-state index in [1.165, 1.54) is 16.9 Å². The lowest BCUT2D eigenvalue weighted by Crippen LogP contribution is -2.45. The van der Waals surface area contributed by atoms with Crippen LogP contribution < -0.4 is 16.4 Å². The molecule has 0 aromatic carbocycles. The SMILES string of the molecule is CC(C)(C)[C@@H]1CCc2nc3sc(C(=O)N[C@H](CN)C4C=C(NC(=O)c5nsc(Cl)c5Cl)C=CC4)cc3cc2C1. The van der Waals surface area contributed by atoms with Crippen LogP contribution in [0.3, 0.4) is 0 Å². The van der Waals surface area contributed by atoms with Crippen LogP contribution in [0.2, 0.25) is 9.36 Å². The van der Waals surface area contributed by atoms with Gasteiger partial charge in [-0.3, -0.25) is 9.59 Å². The van der Waals surface area contributed by atoms with Gasteiger partial charge < -0.3 is 16.4 Å². The third-order valence-corrected chi connectivity index (χ3v) is 10.2. The third kappa shape index (κ3) is 6.07. The van der Waals surface area contributed by atoms with E-state index in [1.807, 2.05) is 24.3 Å². The van der Waals surface area contributed by atoms with Crippen molar-refractivity contribution in [3.63, 3.8) is 0 Å². The highest BCUT2D eigenvalue weighted by atomic mass is 35.5. The molecule has 39 heavy (non-hydrogen) atoms. The molecule has 3 heterocycles. The van der Waals surface area contributed by atoms with Gasteiger partial charge in [0.1, 0.15) is 14.2 Å².